The smallest absolute Gasteiger partial charge is 0.161 e. The summed E-state index contributed by atoms with van der Waals surface area (Å²) in [5.74, 6) is 1.07. The van der Waals surface area contributed by atoms with Crippen LogP contribution in [0.4, 0.5) is 0 Å². The van der Waals surface area contributed by atoms with E-state index in [2.05, 4.69) is 5.32 Å². The second kappa shape index (κ2) is 5.99. The van der Waals surface area contributed by atoms with Crippen molar-refractivity contribution in [3.05, 3.63) is 23.8 Å². The minimum absolute atomic E-state index is 0.0419. The molecule has 1 aromatic rings. The average Bonchev–Trinajstić information content (AvgIpc) is 2.37. The number of aliphatic hydroxyl groups is 1. The SMILES string of the molecule is CNCC(O)c1ccc(OC2CS(=O)(=O)C2)c(OC)c1. The molecule has 2 N–H and O–H groups in total. The highest BCUT2D eigenvalue weighted by Crippen LogP contribution is 2.32. The lowest BCUT2D eigenvalue weighted by Crippen LogP contribution is -2.45. The molecular weight excluding hydrogens is 282 g/mol. The van der Waals surface area contributed by atoms with Gasteiger partial charge in [0.25, 0.3) is 0 Å². The van der Waals surface area contributed by atoms with Crippen LogP contribution in [-0.2, 0) is 9.84 Å². The van der Waals surface area contributed by atoms with Crippen molar-refractivity contribution < 1.29 is 23.0 Å². The van der Waals surface area contributed by atoms with Crippen LogP contribution in [0.15, 0.2) is 18.2 Å². The summed E-state index contributed by atoms with van der Waals surface area (Å²) in [4.78, 5) is 0. The Hall–Kier alpha value is -1.31. The maximum Gasteiger partial charge on any atom is 0.161 e. The maximum atomic E-state index is 11.1. The zero-order valence-electron chi connectivity index (χ0n) is 11.5. The summed E-state index contributed by atoms with van der Waals surface area (Å²) in [7, 11) is 0.353. The summed E-state index contributed by atoms with van der Waals surface area (Å²) in [6.07, 6.45) is -0.950. The fourth-order valence-corrected chi connectivity index (χ4v) is 3.24. The van der Waals surface area contributed by atoms with Crippen molar-refractivity contribution in [3.8, 4) is 11.5 Å². The fourth-order valence-electron chi connectivity index (χ4n) is 2.07. The predicted molar refractivity (Wildman–Crippen MR) is 75.0 cm³/mol. The number of likely N-dealkylation sites (N-methyl/N-ethyl adjacent to an activating group) is 1. The third-order valence-corrected chi connectivity index (χ3v) is 4.90. The highest BCUT2D eigenvalue weighted by atomic mass is 32.2. The first-order valence-corrected chi connectivity index (χ1v) is 8.15. The Morgan fingerprint density at radius 1 is 1.40 bits per heavy atom. The van der Waals surface area contributed by atoms with Crippen molar-refractivity contribution in [2.75, 3.05) is 32.2 Å². The summed E-state index contributed by atoms with van der Waals surface area (Å²) in [6, 6.07) is 5.13. The number of ether oxygens (including phenoxy) is 2. The molecule has 0 radical (unpaired) electrons. The molecule has 112 valence electrons. The van der Waals surface area contributed by atoms with Crippen molar-refractivity contribution >= 4 is 9.84 Å². The fraction of sp³-hybridized carbons (Fsp3) is 0.538. The molecule has 20 heavy (non-hydrogen) atoms. The average molecular weight is 301 g/mol. The van der Waals surface area contributed by atoms with Gasteiger partial charge in [-0.05, 0) is 24.7 Å². The summed E-state index contributed by atoms with van der Waals surface area (Å²) in [5, 5.41) is 12.8. The number of hydrogen-bond acceptors (Lipinski definition) is 6. The van der Waals surface area contributed by atoms with Crippen LogP contribution in [0.5, 0.6) is 11.5 Å². The third kappa shape index (κ3) is 3.41. The van der Waals surface area contributed by atoms with E-state index in [-0.39, 0.29) is 17.6 Å². The van der Waals surface area contributed by atoms with Gasteiger partial charge in [-0.25, -0.2) is 8.42 Å². The van der Waals surface area contributed by atoms with Crippen molar-refractivity contribution in [2.45, 2.75) is 12.2 Å². The van der Waals surface area contributed by atoms with Crippen LogP contribution in [-0.4, -0.2) is 51.8 Å². The number of nitrogens with one attached hydrogen (secondary N) is 1. The highest BCUT2D eigenvalue weighted by Gasteiger charge is 2.35. The second-order valence-electron chi connectivity index (χ2n) is 4.80. The van der Waals surface area contributed by atoms with E-state index in [1.807, 2.05) is 0 Å². The zero-order valence-corrected chi connectivity index (χ0v) is 12.3. The van der Waals surface area contributed by atoms with E-state index < -0.39 is 15.9 Å². The van der Waals surface area contributed by atoms with Crippen LogP contribution in [0.3, 0.4) is 0 Å². The Morgan fingerprint density at radius 2 is 2.10 bits per heavy atom. The van der Waals surface area contributed by atoms with Gasteiger partial charge in [0.05, 0.1) is 24.7 Å². The summed E-state index contributed by atoms with van der Waals surface area (Å²) in [6.45, 7) is 0.435. The predicted octanol–water partition coefficient (Wildman–Crippen LogP) is 0.124. The molecule has 1 aromatic carbocycles. The Balaban J connectivity index is 2.10. The second-order valence-corrected chi connectivity index (χ2v) is 6.95. The van der Waals surface area contributed by atoms with Crippen LogP contribution >= 0.6 is 0 Å². The molecule has 1 aliphatic heterocycles. The van der Waals surface area contributed by atoms with Crippen LogP contribution in [0.25, 0.3) is 0 Å². The molecule has 1 aliphatic rings. The van der Waals surface area contributed by atoms with Crippen LogP contribution < -0.4 is 14.8 Å². The van der Waals surface area contributed by atoms with Crippen molar-refractivity contribution in [1.29, 1.82) is 0 Å². The molecule has 1 fully saturated rings. The number of aliphatic hydroxyl groups excluding tert-OH is 1. The Kier molecular flexibility index (Phi) is 4.52. The first-order chi connectivity index (χ1) is 9.45. The van der Waals surface area contributed by atoms with E-state index in [0.29, 0.717) is 23.6 Å². The first kappa shape index (κ1) is 15.1. The molecule has 1 atom stereocenters. The highest BCUT2D eigenvalue weighted by molar-refractivity contribution is 7.92. The maximum absolute atomic E-state index is 11.1. The Morgan fingerprint density at radius 3 is 2.65 bits per heavy atom. The van der Waals surface area contributed by atoms with Gasteiger partial charge in [-0.15, -0.1) is 0 Å². The molecule has 0 aromatic heterocycles. The van der Waals surface area contributed by atoms with Gasteiger partial charge in [0.2, 0.25) is 0 Å². The Bertz CT molecular complexity index is 560. The standard InChI is InChI=1S/C13H19NO5S/c1-14-6-11(15)9-3-4-12(13(5-9)18-2)19-10-7-20(16,17)8-10/h3-5,10-11,14-15H,6-8H2,1-2H3. The summed E-state index contributed by atoms with van der Waals surface area (Å²) in [5.41, 5.74) is 0.713. The van der Waals surface area contributed by atoms with Gasteiger partial charge in [0.15, 0.2) is 21.3 Å². The summed E-state index contributed by atoms with van der Waals surface area (Å²) >= 11 is 0. The minimum atomic E-state index is -2.91. The van der Waals surface area contributed by atoms with Crippen molar-refractivity contribution in [3.63, 3.8) is 0 Å². The molecule has 0 amide bonds. The minimum Gasteiger partial charge on any atom is -0.493 e. The third-order valence-electron chi connectivity index (χ3n) is 3.14. The van der Waals surface area contributed by atoms with Crippen molar-refractivity contribution in [2.24, 2.45) is 0 Å². The molecule has 1 heterocycles. The lowest BCUT2D eigenvalue weighted by molar-refractivity contribution is 0.176. The monoisotopic (exact) mass is 301 g/mol. The Labute approximate surface area is 118 Å². The van der Waals surface area contributed by atoms with E-state index >= 15 is 0 Å². The molecule has 1 saturated heterocycles. The molecule has 2 rings (SSSR count). The molecule has 0 saturated carbocycles. The molecule has 7 heteroatoms. The molecule has 1 unspecified atom stereocenters. The zero-order chi connectivity index (χ0) is 14.8. The van der Waals surface area contributed by atoms with Crippen molar-refractivity contribution in [1.82, 2.24) is 5.32 Å². The van der Waals surface area contributed by atoms with Crippen LogP contribution in [0.1, 0.15) is 11.7 Å². The van der Waals surface area contributed by atoms with Gasteiger partial charge < -0.3 is 19.9 Å². The molecule has 6 nitrogen and oxygen atoms in total. The number of sulfone groups is 1. The molecule has 0 bridgehead atoms. The molecular formula is C13H19NO5S. The normalized spacial score (nSPS) is 19.1. The van der Waals surface area contributed by atoms with Gasteiger partial charge in [0, 0.05) is 6.54 Å². The number of rotatable bonds is 6. The number of benzene rings is 1. The summed E-state index contributed by atoms with van der Waals surface area (Å²) < 4.78 is 33.0. The van der Waals surface area contributed by atoms with Gasteiger partial charge in [0.1, 0.15) is 6.10 Å². The topological polar surface area (TPSA) is 84.9 Å². The first-order valence-electron chi connectivity index (χ1n) is 6.33. The molecule has 0 spiro atoms. The van der Waals surface area contributed by atoms with Gasteiger partial charge in [-0.1, -0.05) is 6.07 Å². The lowest BCUT2D eigenvalue weighted by atomic mass is 10.1. The quantitative estimate of drug-likeness (QED) is 0.776. The van der Waals surface area contributed by atoms with Gasteiger partial charge in [-0.2, -0.15) is 0 Å². The van der Waals surface area contributed by atoms with Gasteiger partial charge in [-0.3, -0.25) is 0 Å². The van der Waals surface area contributed by atoms with E-state index in [0.717, 1.165) is 0 Å². The largest absolute Gasteiger partial charge is 0.493 e. The van der Waals surface area contributed by atoms with Gasteiger partial charge >= 0.3 is 0 Å². The van der Waals surface area contributed by atoms with E-state index in [1.54, 1.807) is 25.2 Å². The van der Waals surface area contributed by atoms with E-state index in [1.165, 1.54) is 7.11 Å². The van der Waals surface area contributed by atoms with E-state index in [9.17, 15) is 13.5 Å². The van der Waals surface area contributed by atoms with Crippen LogP contribution in [0, 0.1) is 0 Å². The molecule has 0 aliphatic carbocycles. The number of hydrogen-bond donors (Lipinski definition) is 2. The number of methoxy groups -OCH3 is 1. The van der Waals surface area contributed by atoms with E-state index in [4.69, 9.17) is 9.47 Å². The lowest BCUT2D eigenvalue weighted by Gasteiger charge is -2.27. The van der Waals surface area contributed by atoms with Crippen LogP contribution in [0.2, 0.25) is 0 Å².